The quantitative estimate of drug-likeness (QED) is 0.579. The van der Waals surface area contributed by atoms with Gasteiger partial charge in [0.25, 0.3) is 11.5 Å². The van der Waals surface area contributed by atoms with Gasteiger partial charge in [0.05, 0.1) is 4.88 Å². The van der Waals surface area contributed by atoms with E-state index in [1.54, 1.807) is 19.2 Å². The predicted octanol–water partition coefficient (Wildman–Crippen LogP) is 2.35. The van der Waals surface area contributed by atoms with Crippen LogP contribution in [0.3, 0.4) is 0 Å². The summed E-state index contributed by atoms with van der Waals surface area (Å²) in [6.45, 7) is 4.60. The van der Waals surface area contributed by atoms with Gasteiger partial charge >= 0.3 is 0 Å². The van der Waals surface area contributed by atoms with E-state index in [2.05, 4.69) is 25.6 Å². The average molecular weight is 369 g/mol. The van der Waals surface area contributed by atoms with Gasteiger partial charge in [-0.1, -0.05) is 6.07 Å². The lowest BCUT2D eigenvalue weighted by Crippen LogP contribution is -2.28. The summed E-state index contributed by atoms with van der Waals surface area (Å²) >= 11 is 1.41. The Kier molecular flexibility index (Phi) is 5.43. The molecule has 3 aromatic heterocycles. The van der Waals surface area contributed by atoms with Gasteiger partial charge in [-0.15, -0.1) is 11.3 Å². The van der Waals surface area contributed by atoms with Crippen LogP contribution in [0.25, 0.3) is 11.4 Å². The Morgan fingerprint density at radius 2 is 2.08 bits per heavy atom. The molecule has 0 aliphatic rings. The number of nitrogens with zero attached hydrogens (tertiary/aromatic N) is 2. The minimum Gasteiger partial charge on any atom is -0.368 e. The fraction of sp³-hybridized carbons (Fsp3) is 0.222. The molecular formula is C18H19N5O2S. The molecule has 0 saturated carbocycles. The Labute approximate surface area is 154 Å². The summed E-state index contributed by atoms with van der Waals surface area (Å²) in [5.74, 6) is 1.11. The fourth-order valence-corrected chi connectivity index (χ4v) is 2.92. The maximum atomic E-state index is 11.9. The number of aromatic amines is 1. The minimum atomic E-state index is -0.142. The Morgan fingerprint density at radius 1 is 1.23 bits per heavy atom. The van der Waals surface area contributed by atoms with Crippen molar-refractivity contribution in [1.29, 1.82) is 0 Å². The van der Waals surface area contributed by atoms with Crippen molar-refractivity contribution in [2.45, 2.75) is 13.8 Å². The molecule has 0 aromatic carbocycles. The number of aromatic nitrogens is 3. The van der Waals surface area contributed by atoms with Crippen molar-refractivity contribution < 1.29 is 4.79 Å². The molecule has 3 rings (SSSR count). The van der Waals surface area contributed by atoms with Gasteiger partial charge in [0.15, 0.2) is 0 Å². The molecule has 0 unspecified atom stereocenters. The highest BCUT2D eigenvalue weighted by Gasteiger charge is 2.07. The molecule has 3 heterocycles. The zero-order valence-electron chi connectivity index (χ0n) is 14.5. The summed E-state index contributed by atoms with van der Waals surface area (Å²) < 4.78 is 0. The van der Waals surface area contributed by atoms with Crippen molar-refractivity contribution in [2.75, 3.05) is 18.4 Å². The number of amides is 1. The van der Waals surface area contributed by atoms with Gasteiger partial charge in [0, 0.05) is 36.1 Å². The second-order valence-electron chi connectivity index (χ2n) is 5.72. The third-order valence-electron chi connectivity index (χ3n) is 3.89. The fourth-order valence-electron chi connectivity index (χ4n) is 2.28. The van der Waals surface area contributed by atoms with Crippen molar-refractivity contribution >= 4 is 23.1 Å². The zero-order valence-corrected chi connectivity index (χ0v) is 15.3. The van der Waals surface area contributed by atoms with Crippen molar-refractivity contribution in [3.8, 4) is 11.4 Å². The number of hydrogen-bond acceptors (Lipinski definition) is 6. The first-order valence-corrected chi connectivity index (χ1v) is 9.02. The van der Waals surface area contributed by atoms with Crippen LogP contribution in [0.1, 0.15) is 20.9 Å². The molecule has 8 heteroatoms. The van der Waals surface area contributed by atoms with E-state index in [1.165, 1.54) is 11.3 Å². The van der Waals surface area contributed by atoms with E-state index in [-0.39, 0.29) is 11.5 Å². The summed E-state index contributed by atoms with van der Waals surface area (Å²) in [5, 5.41) is 7.85. The van der Waals surface area contributed by atoms with Crippen molar-refractivity contribution in [1.82, 2.24) is 20.3 Å². The third-order valence-corrected chi connectivity index (χ3v) is 4.76. The molecule has 0 bridgehead atoms. The normalized spacial score (nSPS) is 10.5. The van der Waals surface area contributed by atoms with E-state index in [0.29, 0.717) is 40.9 Å². The largest absolute Gasteiger partial charge is 0.368 e. The van der Waals surface area contributed by atoms with Crippen LogP contribution in [0.4, 0.5) is 5.82 Å². The molecule has 0 aliphatic carbocycles. The van der Waals surface area contributed by atoms with E-state index in [1.807, 2.05) is 30.5 Å². The Morgan fingerprint density at radius 3 is 2.73 bits per heavy atom. The minimum absolute atomic E-state index is 0.0742. The van der Waals surface area contributed by atoms with Crippen LogP contribution in [0, 0.1) is 13.8 Å². The first-order chi connectivity index (χ1) is 12.5. The van der Waals surface area contributed by atoms with Crippen LogP contribution < -0.4 is 16.2 Å². The van der Waals surface area contributed by atoms with Gasteiger partial charge in [-0.3, -0.25) is 9.59 Å². The lowest BCUT2D eigenvalue weighted by molar-refractivity contribution is 0.0959. The summed E-state index contributed by atoms with van der Waals surface area (Å²) in [4.78, 5) is 35.8. The second-order valence-corrected chi connectivity index (χ2v) is 6.66. The highest BCUT2D eigenvalue weighted by Crippen LogP contribution is 2.15. The van der Waals surface area contributed by atoms with Gasteiger partial charge in [-0.25, -0.2) is 9.97 Å². The van der Waals surface area contributed by atoms with Crippen molar-refractivity contribution in [3.63, 3.8) is 0 Å². The maximum absolute atomic E-state index is 11.9. The lowest BCUT2D eigenvalue weighted by Gasteiger charge is -2.08. The summed E-state index contributed by atoms with van der Waals surface area (Å²) in [6, 6.07) is 7.29. The number of aryl methyl sites for hydroxylation is 1. The predicted molar refractivity (Wildman–Crippen MR) is 103 cm³/mol. The van der Waals surface area contributed by atoms with Crippen LogP contribution in [0.5, 0.6) is 0 Å². The number of hydrogen-bond donors (Lipinski definition) is 3. The number of pyridine rings is 1. The van der Waals surface area contributed by atoms with Crippen LogP contribution in [-0.4, -0.2) is 33.9 Å². The van der Waals surface area contributed by atoms with Crippen LogP contribution in [0.15, 0.2) is 40.6 Å². The standard InChI is InChI=1S/C18H19N5O2S/c1-11-12(2)22-16(23-17(11)24)13-5-6-15(21-10-13)19-7-8-20-18(25)14-4-3-9-26-14/h3-6,9-10H,7-8H2,1-2H3,(H,19,21)(H,20,25)(H,22,23,24). The molecule has 0 fully saturated rings. The SMILES string of the molecule is Cc1nc(-c2ccc(NCCNC(=O)c3cccs3)nc2)[nH]c(=O)c1C. The molecular weight excluding hydrogens is 350 g/mol. The average Bonchev–Trinajstić information content (AvgIpc) is 3.18. The van der Waals surface area contributed by atoms with Crippen LogP contribution >= 0.6 is 11.3 Å². The van der Waals surface area contributed by atoms with E-state index in [4.69, 9.17) is 0 Å². The monoisotopic (exact) mass is 369 g/mol. The maximum Gasteiger partial charge on any atom is 0.261 e. The van der Waals surface area contributed by atoms with Gasteiger partial charge in [0.1, 0.15) is 11.6 Å². The number of thiophene rings is 1. The van der Waals surface area contributed by atoms with Crippen molar-refractivity contribution in [2.24, 2.45) is 0 Å². The summed E-state index contributed by atoms with van der Waals surface area (Å²) in [7, 11) is 0. The molecule has 0 spiro atoms. The lowest BCUT2D eigenvalue weighted by atomic mass is 10.2. The number of anilines is 1. The third kappa shape index (κ3) is 4.15. The van der Waals surface area contributed by atoms with Gasteiger partial charge in [0.2, 0.25) is 0 Å². The Hall–Kier alpha value is -3.00. The summed E-state index contributed by atoms with van der Waals surface area (Å²) in [6.07, 6.45) is 1.65. The Bertz CT molecular complexity index is 949. The molecule has 0 aliphatic heterocycles. The highest BCUT2D eigenvalue weighted by atomic mass is 32.1. The summed E-state index contributed by atoms with van der Waals surface area (Å²) in [5.41, 5.74) is 1.91. The van der Waals surface area contributed by atoms with Gasteiger partial charge in [-0.2, -0.15) is 0 Å². The molecule has 0 radical (unpaired) electrons. The zero-order chi connectivity index (χ0) is 18.5. The smallest absolute Gasteiger partial charge is 0.261 e. The number of carbonyl (C=O) groups is 1. The topological polar surface area (TPSA) is 99.8 Å². The molecule has 1 amide bonds. The molecule has 7 nitrogen and oxygen atoms in total. The number of nitrogens with one attached hydrogen (secondary N) is 3. The molecule has 0 saturated heterocycles. The van der Waals surface area contributed by atoms with E-state index in [9.17, 15) is 9.59 Å². The molecule has 0 atom stereocenters. The number of H-pyrrole nitrogens is 1. The Balaban J connectivity index is 1.55. The first kappa shape index (κ1) is 17.8. The molecule has 26 heavy (non-hydrogen) atoms. The number of rotatable bonds is 6. The van der Waals surface area contributed by atoms with E-state index in [0.717, 1.165) is 5.56 Å². The van der Waals surface area contributed by atoms with E-state index >= 15 is 0 Å². The first-order valence-electron chi connectivity index (χ1n) is 8.14. The van der Waals surface area contributed by atoms with Crippen LogP contribution in [-0.2, 0) is 0 Å². The second kappa shape index (κ2) is 7.92. The molecule has 3 N–H and O–H groups in total. The molecule has 3 aromatic rings. The number of carbonyl (C=O) groups excluding carboxylic acids is 1. The highest BCUT2D eigenvalue weighted by molar-refractivity contribution is 7.12. The molecule has 134 valence electrons. The van der Waals surface area contributed by atoms with Gasteiger partial charge < -0.3 is 15.6 Å². The van der Waals surface area contributed by atoms with Crippen LogP contribution in [0.2, 0.25) is 0 Å². The van der Waals surface area contributed by atoms with Gasteiger partial charge in [-0.05, 0) is 37.4 Å². The van der Waals surface area contributed by atoms with Crippen molar-refractivity contribution in [3.05, 3.63) is 62.3 Å². The van der Waals surface area contributed by atoms with E-state index < -0.39 is 0 Å².